The summed E-state index contributed by atoms with van der Waals surface area (Å²) < 4.78 is 21.4. The summed E-state index contributed by atoms with van der Waals surface area (Å²) in [5.41, 5.74) is 5.28. The van der Waals surface area contributed by atoms with Crippen LogP contribution in [0.2, 0.25) is 0 Å². The van der Waals surface area contributed by atoms with Crippen molar-refractivity contribution in [1.82, 2.24) is 15.1 Å². The van der Waals surface area contributed by atoms with Crippen molar-refractivity contribution in [2.24, 2.45) is 0 Å². The third-order valence-corrected chi connectivity index (χ3v) is 8.45. The molecule has 0 aliphatic heterocycles. The van der Waals surface area contributed by atoms with Crippen molar-refractivity contribution in [1.29, 1.82) is 0 Å². The van der Waals surface area contributed by atoms with Crippen LogP contribution in [0.3, 0.4) is 0 Å². The van der Waals surface area contributed by atoms with Crippen LogP contribution in [0.4, 0.5) is 4.39 Å². The Kier molecular flexibility index (Phi) is 9.87. The summed E-state index contributed by atoms with van der Waals surface area (Å²) in [7, 11) is 0. The van der Waals surface area contributed by atoms with Crippen molar-refractivity contribution in [3.63, 3.8) is 0 Å². The van der Waals surface area contributed by atoms with E-state index in [-0.39, 0.29) is 22.6 Å². The molecule has 0 radical (unpaired) electrons. The Morgan fingerprint density at radius 3 is 2.24 bits per heavy atom. The lowest BCUT2D eigenvalue weighted by molar-refractivity contribution is 0.0944. The Morgan fingerprint density at radius 1 is 0.881 bits per heavy atom. The fourth-order valence-corrected chi connectivity index (χ4v) is 4.77. The molecule has 4 aromatic rings. The number of halogens is 1. The van der Waals surface area contributed by atoms with E-state index in [0.717, 1.165) is 42.7 Å². The zero-order valence-electron chi connectivity index (χ0n) is 25.8. The highest BCUT2D eigenvalue weighted by Crippen LogP contribution is 2.38. The van der Waals surface area contributed by atoms with E-state index in [1.54, 1.807) is 22.9 Å². The van der Waals surface area contributed by atoms with Crippen molar-refractivity contribution < 1.29 is 13.9 Å². The number of rotatable bonds is 13. The molecule has 0 spiro atoms. The topological polar surface area (TPSA) is 56.1 Å². The Labute approximate surface area is 250 Å². The summed E-state index contributed by atoms with van der Waals surface area (Å²) in [6, 6.07) is 24.1. The largest absolute Gasteiger partial charge is 0.493 e. The lowest BCUT2D eigenvalue weighted by atomic mass is 9.76. The van der Waals surface area contributed by atoms with Crippen molar-refractivity contribution in [3.05, 3.63) is 102 Å². The number of nitrogens with zero attached hydrogens (tertiary/aromatic N) is 2. The number of aromatic nitrogens is 2. The van der Waals surface area contributed by atoms with Crippen LogP contribution in [0.25, 0.3) is 16.9 Å². The van der Waals surface area contributed by atoms with Gasteiger partial charge in [-0.25, -0.2) is 9.07 Å². The maximum Gasteiger partial charge on any atom is 0.270 e. The minimum absolute atomic E-state index is 0.0115. The lowest BCUT2D eigenvalue weighted by Gasteiger charge is -2.30. The van der Waals surface area contributed by atoms with Crippen molar-refractivity contribution >= 4 is 5.91 Å². The van der Waals surface area contributed by atoms with Gasteiger partial charge in [0.05, 0.1) is 18.0 Å². The standard InChI is InChI=1S/C36H44FN3O2/c1-7-35(3,4)27-18-21-33(30(24-27)36(5,6)8-2)42-23-13-12-22-38-34(41)32-25-31(26-16-19-28(37)20-17-26)39-40(32)29-14-10-9-11-15-29/h9-11,14-21,24-25H,7-8,12-13,22-23H2,1-6H3,(H,38,41). The third kappa shape index (κ3) is 7.28. The number of carbonyl (C=O) groups excluding carboxylic acids is 1. The highest BCUT2D eigenvalue weighted by molar-refractivity contribution is 5.94. The highest BCUT2D eigenvalue weighted by Gasteiger charge is 2.26. The van der Waals surface area contributed by atoms with E-state index < -0.39 is 0 Å². The fraction of sp³-hybridized carbons (Fsp3) is 0.389. The summed E-state index contributed by atoms with van der Waals surface area (Å²) in [6.07, 6.45) is 3.69. The molecule has 1 amide bonds. The van der Waals surface area contributed by atoms with Crippen molar-refractivity contribution in [2.45, 2.75) is 78.1 Å². The highest BCUT2D eigenvalue weighted by atomic mass is 19.1. The first kappa shape index (κ1) is 31.0. The normalized spacial score (nSPS) is 11.9. The number of benzene rings is 3. The summed E-state index contributed by atoms with van der Waals surface area (Å²) in [5.74, 6) is 0.425. The second-order valence-corrected chi connectivity index (χ2v) is 12.2. The predicted molar refractivity (Wildman–Crippen MR) is 169 cm³/mol. The SMILES string of the molecule is CCC(C)(C)c1ccc(OCCCCNC(=O)c2cc(-c3ccc(F)cc3)nn2-c2ccccc2)c(C(C)(C)CC)c1. The molecule has 4 rings (SSSR count). The van der Waals surface area contributed by atoms with Gasteiger partial charge in [0.25, 0.3) is 5.91 Å². The molecular weight excluding hydrogens is 525 g/mol. The second kappa shape index (κ2) is 13.4. The van der Waals surface area contributed by atoms with Crippen LogP contribution < -0.4 is 10.1 Å². The summed E-state index contributed by atoms with van der Waals surface area (Å²) >= 11 is 0. The van der Waals surface area contributed by atoms with Crippen LogP contribution in [0, 0.1) is 5.82 Å². The molecule has 42 heavy (non-hydrogen) atoms. The Balaban J connectivity index is 1.38. The zero-order valence-corrected chi connectivity index (χ0v) is 25.8. The molecule has 1 N–H and O–H groups in total. The van der Waals surface area contributed by atoms with Gasteiger partial charge < -0.3 is 10.1 Å². The molecule has 0 aliphatic carbocycles. The van der Waals surface area contributed by atoms with Gasteiger partial charge in [0.1, 0.15) is 17.3 Å². The first-order chi connectivity index (χ1) is 20.1. The first-order valence-electron chi connectivity index (χ1n) is 15.0. The maximum absolute atomic E-state index is 13.5. The summed E-state index contributed by atoms with van der Waals surface area (Å²) in [4.78, 5) is 13.3. The molecular formula is C36H44FN3O2. The number of amides is 1. The predicted octanol–water partition coefficient (Wildman–Crippen LogP) is 8.64. The average molecular weight is 570 g/mol. The monoisotopic (exact) mass is 569 g/mol. The van der Waals surface area contributed by atoms with Gasteiger partial charge in [-0.1, -0.05) is 71.9 Å². The van der Waals surface area contributed by atoms with Gasteiger partial charge in [0, 0.05) is 17.7 Å². The molecule has 5 nitrogen and oxygen atoms in total. The Hall–Kier alpha value is -3.93. The van der Waals surface area contributed by atoms with E-state index in [0.29, 0.717) is 24.5 Å². The molecule has 0 unspecified atom stereocenters. The minimum atomic E-state index is -0.314. The Bertz CT molecular complexity index is 1470. The van der Waals surface area contributed by atoms with Gasteiger partial charge in [-0.3, -0.25) is 4.79 Å². The van der Waals surface area contributed by atoms with E-state index in [9.17, 15) is 9.18 Å². The molecule has 0 fully saturated rings. The smallest absolute Gasteiger partial charge is 0.270 e. The molecule has 0 aliphatic rings. The first-order valence-corrected chi connectivity index (χ1v) is 15.0. The third-order valence-electron chi connectivity index (χ3n) is 8.45. The average Bonchev–Trinajstić information content (AvgIpc) is 3.45. The molecule has 0 saturated heterocycles. The van der Waals surface area contributed by atoms with Gasteiger partial charge in [-0.2, -0.15) is 5.10 Å². The van der Waals surface area contributed by atoms with E-state index in [2.05, 4.69) is 70.2 Å². The molecule has 0 bridgehead atoms. The minimum Gasteiger partial charge on any atom is -0.493 e. The van der Waals surface area contributed by atoms with Gasteiger partial charge >= 0.3 is 0 Å². The van der Waals surface area contributed by atoms with Crippen molar-refractivity contribution in [2.75, 3.05) is 13.2 Å². The van der Waals surface area contributed by atoms with Crippen molar-refractivity contribution in [3.8, 4) is 22.7 Å². The molecule has 6 heteroatoms. The molecule has 3 aromatic carbocycles. The van der Waals surface area contributed by atoms with Gasteiger partial charge in [-0.15, -0.1) is 0 Å². The van der Waals surface area contributed by atoms with Gasteiger partial charge in [0.2, 0.25) is 0 Å². The van der Waals surface area contributed by atoms with E-state index in [1.807, 2.05) is 30.3 Å². The number of hydrogen-bond donors (Lipinski definition) is 1. The number of unbranched alkanes of at least 4 members (excludes halogenated alkanes) is 1. The zero-order chi connectivity index (χ0) is 30.3. The molecule has 1 aromatic heterocycles. The summed E-state index contributed by atoms with van der Waals surface area (Å²) in [6.45, 7) is 14.7. The lowest BCUT2D eigenvalue weighted by Crippen LogP contribution is -2.27. The van der Waals surface area contributed by atoms with Crippen LogP contribution >= 0.6 is 0 Å². The number of carbonyl (C=O) groups is 1. The van der Waals surface area contributed by atoms with Crippen LogP contribution in [0.5, 0.6) is 5.75 Å². The van der Waals surface area contributed by atoms with Gasteiger partial charge in [-0.05, 0) is 90.6 Å². The number of nitrogens with one attached hydrogen (secondary N) is 1. The second-order valence-electron chi connectivity index (χ2n) is 12.2. The molecule has 0 saturated carbocycles. The Morgan fingerprint density at radius 2 is 1.57 bits per heavy atom. The number of ether oxygens (including phenoxy) is 1. The molecule has 1 heterocycles. The molecule has 0 atom stereocenters. The van der Waals surface area contributed by atoms with E-state index in [1.165, 1.54) is 23.3 Å². The number of hydrogen-bond acceptors (Lipinski definition) is 3. The summed E-state index contributed by atoms with van der Waals surface area (Å²) in [5, 5.41) is 7.71. The van der Waals surface area contributed by atoms with E-state index in [4.69, 9.17) is 4.74 Å². The van der Waals surface area contributed by atoms with Crippen LogP contribution in [0.1, 0.15) is 88.8 Å². The maximum atomic E-state index is 13.5. The fourth-order valence-electron chi connectivity index (χ4n) is 4.77. The van der Waals surface area contributed by atoms with Crippen LogP contribution in [-0.2, 0) is 10.8 Å². The molecule has 222 valence electrons. The quantitative estimate of drug-likeness (QED) is 0.164. The van der Waals surface area contributed by atoms with Crippen LogP contribution in [-0.4, -0.2) is 28.8 Å². The number of para-hydroxylation sites is 1. The van der Waals surface area contributed by atoms with E-state index >= 15 is 0 Å². The van der Waals surface area contributed by atoms with Crippen LogP contribution in [0.15, 0.2) is 78.9 Å². The van der Waals surface area contributed by atoms with Gasteiger partial charge in [0.15, 0.2) is 0 Å².